The highest BCUT2D eigenvalue weighted by atomic mass is 35.5. The third-order valence-electron chi connectivity index (χ3n) is 12.5. The van der Waals surface area contributed by atoms with Gasteiger partial charge in [0.15, 0.2) is 0 Å². The van der Waals surface area contributed by atoms with Crippen molar-refractivity contribution in [3.8, 4) is 0 Å². The zero-order chi connectivity index (χ0) is 38.1. The lowest BCUT2D eigenvalue weighted by Crippen LogP contribution is -2.70. The molecule has 0 saturated heterocycles. The molecule has 0 amide bonds. The molecule has 0 heterocycles. The van der Waals surface area contributed by atoms with E-state index in [9.17, 15) is 4.79 Å². The number of unbranched alkanes of at least 4 members (excludes halogenated alkanes) is 8. The van der Waals surface area contributed by atoms with Crippen LogP contribution in [0.5, 0.6) is 0 Å². The number of carbonyl (C=O) groups excluding carboxylic acids is 1. The van der Waals surface area contributed by atoms with Crippen LogP contribution >= 0.6 is 24.8 Å². The highest BCUT2D eigenvalue weighted by molar-refractivity contribution is 5.85. The van der Waals surface area contributed by atoms with Gasteiger partial charge in [-0.05, 0) is 103 Å². The minimum atomic E-state index is -0.402. The van der Waals surface area contributed by atoms with Crippen molar-refractivity contribution >= 4 is 31.0 Å². The van der Waals surface area contributed by atoms with Gasteiger partial charge in [-0.25, -0.2) is 4.79 Å². The van der Waals surface area contributed by atoms with Crippen LogP contribution in [0.15, 0.2) is 0 Å². The Balaban J connectivity index is 0.0000140. The largest absolute Gasteiger partial charge is 0.509 e. The Morgan fingerprint density at radius 3 is 0.852 bits per heavy atom. The Kier molecular flexibility index (Phi) is 31.5. The standard InChI is InChI=1S/C45H90N4O3.2ClH/c1-9-17-33-46(34-18-10-2)44(47(35-19-11-3)36-20-12-4)31-27-25-29-41(44)51-43(50)52-42-30-26-28-32-45(42,48(37-21-13-5)38-22-14-6)49(39-23-15-7)40-24-16-8;;/h41-42H,9-40H2,1-8H3;2*1H. The predicted molar refractivity (Wildman–Crippen MR) is 238 cm³/mol. The molecule has 2 saturated carbocycles. The fraction of sp³-hybridized carbons (Fsp3) is 0.978. The molecular weight excluding hydrogens is 715 g/mol. The van der Waals surface area contributed by atoms with Gasteiger partial charge in [-0.3, -0.25) is 19.6 Å². The van der Waals surface area contributed by atoms with Gasteiger partial charge in [0.05, 0.1) is 0 Å². The van der Waals surface area contributed by atoms with E-state index in [0.717, 1.165) is 90.9 Å². The average molecular weight is 808 g/mol. The van der Waals surface area contributed by atoms with Crippen molar-refractivity contribution in [2.45, 2.75) is 233 Å². The Morgan fingerprint density at radius 1 is 0.426 bits per heavy atom. The SMILES string of the molecule is CCCCN(CCCC)C1(N(CCCC)CCCC)CCCCC1OC(=O)OC1CCCCC1(N(CCCC)CCCC)N(CCCC)CCCC.Cl.Cl. The summed E-state index contributed by atoms with van der Waals surface area (Å²) in [6, 6.07) is 0. The second-order valence-corrected chi connectivity index (χ2v) is 16.5. The number of nitrogens with zero attached hydrogens (tertiary/aromatic N) is 4. The van der Waals surface area contributed by atoms with Crippen LogP contribution in [0.3, 0.4) is 0 Å². The van der Waals surface area contributed by atoms with Gasteiger partial charge in [-0.2, -0.15) is 0 Å². The number of hydrogen-bond acceptors (Lipinski definition) is 7. The maximum atomic E-state index is 14.6. The molecule has 324 valence electrons. The van der Waals surface area contributed by atoms with E-state index in [1.807, 2.05) is 0 Å². The minimum Gasteiger partial charge on any atom is -0.428 e. The van der Waals surface area contributed by atoms with Crippen molar-refractivity contribution < 1.29 is 14.3 Å². The Hall–Kier alpha value is -0.310. The molecule has 0 aromatic carbocycles. The monoisotopic (exact) mass is 807 g/mol. The van der Waals surface area contributed by atoms with Gasteiger partial charge in [0.25, 0.3) is 0 Å². The summed E-state index contributed by atoms with van der Waals surface area (Å²) >= 11 is 0. The highest BCUT2D eigenvalue weighted by Crippen LogP contribution is 2.43. The lowest BCUT2D eigenvalue weighted by molar-refractivity contribution is -0.189. The molecular formula is C45H92Cl2N4O3. The van der Waals surface area contributed by atoms with Gasteiger partial charge in [-0.15, -0.1) is 24.8 Å². The third-order valence-corrected chi connectivity index (χ3v) is 12.5. The summed E-state index contributed by atoms with van der Waals surface area (Å²) in [5.74, 6) is 0. The maximum absolute atomic E-state index is 14.6. The van der Waals surface area contributed by atoms with Crippen molar-refractivity contribution in [2.24, 2.45) is 0 Å². The summed E-state index contributed by atoms with van der Waals surface area (Å²) in [5, 5.41) is 0. The van der Waals surface area contributed by atoms with Crippen LogP contribution < -0.4 is 0 Å². The van der Waals surface area contributed by atoms with Crippen molar-refractivity contribution in [1.82, 2.24) is 19.6 Å². The van der Waals surface area contributed by atoms with Crippen LogP contribution in [0.4, 0.5) is 4.79 Å². The molecule has 0 spiro atoms. The van der Waals surface area contributed by atoms with E-state index < -0.39 is 6.16 Å². The molecule has 2 fully saturated rings. The molecule has 9 heteroatoms. The summed E-state index contributed by atoms with van der Waals surface area (Å²) < 4.78 is 13.8. The Morgan fingerprint density at radius 2 is 0.648 bits per heavy atom. The molecule has 2 aliphatic rings. The second kappa shape index (κ2) is 31.7. The molecule has 2 aliphatic carbocycles. The van der Waals surface area contributed by atoms with E-state index in [1.54, 1.807) is 0 Å². The Labute approximate surface area is 349 Å². The summed E-state index contributed by atoms with van der Waals surface area (Å²) in [6.07, 6.45) is 26.7. The molecule has 2 unspecified atom stereocenters. The van der Waals surface area contributed by atoms with Gasteiger partial charge in [-0.1, -0.05) is 107 Å². The summed E-state index contributed by atoms with van der Waals surface area (Å²) in [7, 11) is 0. The molecule has 0 aliphatic heterocycles. The predicted octanol–water partition coefficient (Wildman–Crippen LogP) is 12.9. The first-order chi connectivity index (χ1) is 25.4. The fourth-order valence-electron chi connectivity index (χ4n) is 9.42. The molecule has 7 nitrogen and oxygen atoms in total. The zero-order valence-corrected chi connectivity index (χ0v) is 38.7. The topological polar surface area (TPSA) is 48.5 Å². The van der Waals surface area contributed by atoms with E-state index in [0.29, 0.717) is 0 Å². The number of hydrogen-bond donors (Lipinski definition) is 0. The molecule has 0 N–H and O–H groups in total. The first-order valence-corrected chi connectivity index (χ1v) is 23.3. The number of rotatable bonds is 30. The number of ether oxygens (including phenoxy) is 2. The third kappa shape index (κ3) is 15.8. The summed E-state index contributed by atoms with van der Waals surface area (Å²) in [5.41, 5.74) is -0.531. The van der Waals surface area contributed by atoms with Gasteiger partial charge in [0.1, 0.15) is 23.5 Å². The fourth-order valence-corrected chi connectivity index (χ4v) is 9.42. The van der Waals surface area contributed by atoms with Gasteiger partial charge < -0.3 is 9.47 Å². The highest BCUT2D eigenvalue weighted by Gasteiger charge is 2.54. The number of halogens is 2. The van der Waals surface area contributed by atoms with Crippen molar-refractivity contribution in [2.75, 3.05) is 52.4 Å². The van der Waals surface area contributed by atoms with Crippen LogP contribution in [0.2, 0.25) is 0 Å². The summed E-state index contributed by atoms with van der Waals surface area (Å²) in [4.78, 5) is 25.8. The quantitative estimate of drug-likeness (QED) is 0.0529. The molecule has 54 heavy (non-hydrogen) atoms. The van der Waals surface area contributed by atoms with Crippen molar-refractivity contribution in [3.63, 3.8) is 0 Å². The first kappa shape index (κ1) is 53.7. The van der Waals surface area contributed by atoms with E-state index >= 15 is 0 Å². The average Bonchev–Trinajstić information content (AvgIpc) is 3.16. The van der Waals surface area contributed by atoms with Gasteiger partial charge >= 0.3 is 6.16 Å². The van der Waals surface area contributed by atoms with Crippen LogP contribution in [-0.4, -0.2) is 102 Å². The van der Waals surface area contributed by atoms with Gasteiger partial charge in [0, 0.05) is 52.4 Å². The first-order valence-electron chi connectivity index (χ1n) is 23.3. The van der Waals surface area contributed by atoms with Crippen LogP contribution in [0.25, 0.3) is 0 Å². The maximum Gasteiger partial charge on any atom is 0.509 e. The molecule has 0 aromatic heterocycles. The van der Waals surface area contributed by atoms with Crippen LogP contribution in [0.1, 0.15) is 209 Å². The molecule has 0 bridgehead atoms. The van der Waals surface area contributed by atoms with Crippen LogP contribution in [0, 0.1) is 0 Å². The van der Waals surface area contributed by atoms with Crippen LogP contribution in [-0.2, 0) is 9.47 Å². The van der Waals surface area contributed by atoms with E-state index in [2.05, 4.69) is 75.0 Å². The minimum absolute atomic E-state index is 0. The van der Waals surface area contributed by atoms with Crippen molar-refractivity contribution in [3.05, 3.63) is 0 Å². The second-order valence-electron chi connectivity index (χ2n) is 16.5. The lowest BCUT2D eigenvalue weighted by Gasteiger charge is -2.57. The molecule has 0 radical (unpaired) electrons. The summed E-state index contributed by atoms with van der Waals surface area (Å²) in [6.45, 7) is 27.1. The molecule has 2 atom stereocenters. The zero-order valence-electron chi connectivity index (χ0n) is 37.1. The van der Waals surface area contributed by atoms with E-state index in [-0.39, 0.29) is 48.3 Å². The molecule has 2 rings (SSSR count). The van der Waals surface area contributed by atoms with Gasteiger partial charge in [0.2, 0.25) is 0 Å². The van der Waals surface area contributed by atoms with Crippen molar-refractivity contribution in [1.29, 1.82) is 0 Å². The van der Waals surface area contributed by atoms with E-state index in [1.165, 1.54) is 116 Å². The number of carbonyl (C=O) groups is 1. The smallest absolute Gasteiger partial charge is 0.428 e. The normalized spacial score (nSPS) is 19.6. The lowest BCUT2D eigenvalue weighted by atomic mass is 9.81. The molecule has 0 aromatic rings. The van der Waals surface area contributed by atoms with E-state index in [4.69, 9.17) is 9.47 Å². The Bertz CT molecular complexity index is 759.